The van der Waals surface area contributed by atoms with Crippen LogP contribution in [0.4, 0.5) is 0 Å². The van der Waals surface area contributed by atoms with Gasteiger partial charge in [-0.2, -0.15) is 0 Å². The van der Waals surface area contributed by atoms with Crippen molar-refractivity contribution in [2.45, 2.75) is 32.6 Å². The lowest BCUT2D eigenvalue weighted by molar-refractivity contribution is -0.101. The maximum Gasteiger partial charge on any atom is 0.0932 e. The molecule has 94 valence electrons. The number of allylic oxidation sites excluding steroid dienone is 1. The van der Waals surface area contributed by atoms with Gasteiger partial charge in [0.05, 0.1) is 19.5 Å². The summed E-state index contributed by atoms with van der Waals surface area (Å²) in [6.07, 6.45) is 9.18. The Morgan fingerprint density at radius 3 is 3.06 bits per heavy atom. The Labute approximate surface area is 104 Å². The number of ether oxygens (including phenoxy) is 2. The fourth-order valence-electron chi connectivity index (χ4n) is 4.43. The van der Waals surface area contributed by atoms with Crippen LogP contribution in [0.25, 0.3) is 0 Å². The fourth-order valence-corrected chi connectivity index (χ4v) is 4.43. The van der Waals surface area contributed by atoms with Crippen LogP contribution in [0.15, 0.2) is 24.5 Å². The first kappa shape index (κ1) is 11.3. The smallest absolute Gasteiger partial charge is 0.0932 e. The highest BCUT2D eigenvalue weighted by atomic mass is 16.5. The lowest BCUT2D eigenvalue weighted by Crippen LogP contribution is -2.58. The predicted molar refractivity (Wildman–Crippen MR) is 67.5 cm³/mol. The fraction of sp³-hybridized carbons (Fsp3) is 0.733. The molecule has 0 N–H and O–H groups in total. The van der Waals surface area contributed by atoms with Gasteiger partial charge in [0.1, 0.15) is 0 Å². The van der Waals surface area contributed by atoms with E-state index in [0.717, 1.165) is 25.7 Å². The number of hydrogen-bond acceptors (Lipinski definition) is 2. The minimum atomic E-state index is 0.371. The molecule has 2 nitrogen and oxygen atoms in total. The molecule has 0 amide bonds. The van der Waals surface area contributed by atoms with Gasteiger partial charge in [-0.25, -0.2) is 0 Å². The van der Waals surface area contributed by atoms with Crippen LogP contribution >= 0.6 is 0 Å². The highest BCUT2D eigenvalue weighted by molar-refractivity contribution is 5.36. The molecule has 0 heterocycles. The number of hydrogen-bond donors (Lipinski definition) is 0. The highest BCUT2D eigenvalue weighted by Gasteiger charge is 2.61. The molecule has 0 aliphatic heterocycles. The summed E-state index contributed by atoms with van der Waals surface area (Å²) in [4.78, 5) is 0. The van der Waals surface area contributed by atoms with Crippen LogP contribution < -0.4 is 0 Å². The zero-order chi connectivity index (χ0) is 11.9. The van der Waals surface area contributed by atoms with E-state index in [2.05, 4.69) is 19.6 Å². The van der Waals surface area contributed by atoms with Gasteiger partial charge in [0.25, 0.3) is 0 Å². The minimum Gasteiger partial charge on any atom is -0.501 e. The van der Waals surface area contributed by atoms with E-state index < -0.39 is 0 Å². The summed E-state index contributed by atoms with van der Waals surface area (Å²) >= 11 is 0. The molecular weight excluding hydrogens is 212 g/mol. The van der Waals surface area contributed by atoms with E-state index in [4.69, 9.17) is 9.47 Å². The van der Waals surface area contributed by atoms with Gasteiger partial charge < -0.3 is 9.47 Å². The van der Waals surface area contributed by atoms with Crippen LogP contribution in [-0.4, -0.2) is 19.8 Å². The summed E-state index contributed by atoms with van der Waals surface area (Å²) < 4.78 is 11.2. The van der Waals surface area contributed by atoms with Crippen LogP contribution in [0.1, 0.15) is 32.6 Å². The second kappa shape index (κ2) is 3.88. The predicted octanol–water partition coefficient (Wildman–Crippen LogP) is 3.30. The molecule has 3 unspecified atom stereocenters. The molecule has 0 spiro atoms. The van der Waals surface area contributed by atoms with Crippen molar-refractivity contribution in [1.29, 1.82) is 0 Å². The van der Waals surface area contributed by atoms with Crippen LogP contribution in [0.2, 0.25) is 0 Å². The van der Waals surface area contributed by atoms with Crippen LogP contribution in [-0.2, 0) is 9.47 Å². The van der Waals surface area contributed by atoms with E-state index in [9.17, 15) is 0 Å². The number of fused-ring (bicyclic) bond motifs is 1. The van der Waals surface area contributed by atoms with Gasteiger partial charge in [-0.05, 0) is 38.5 Å². The van der Waals surface area contributed by atoms with Gasteiger partial charge in [-0.1, -0.05) is 18.2 Å². The molecule has 5 aliphatic carbocycles. The average Bonchev–Trinajstić information content (AvgIpc) is 2.34. The Morgan fingerprint density at radius 2 is 2.35 bits per heavy atom. The largest absolute Gasteiger partial charge is 0.501 e. The van der Waals surface area contributed by atoms with Crippen molar-refractivity contribution < 1.29 is 9.47 Å². The Balaban J connectivity index is 1.76. The van der Waals surface area contributed by atoms with E-state index in [1.165, 1.54) is 25.7 Å². The molecule has 17 heavy (non-hydrogen) atoms. The molecule has 0 aromatic carbocycles. The monoisotopic (exact) mass is 234 g/mol. The summed E-state index contributed by atoms with van der Waals surface area (Å²) in [6.45, 7) is 8.33. The average molecular weight is 234 g/mol. The summed E-state index contributed by atoms with van der Waals surface area (Å²) in [5.74, 6) is 0.825. The van der Waals surface area contributed by atoms with Crippen molar-refractivity contribution in [1.82, 2.24) is 0 Å². The van der Waals surface area contributed by atoms with Crippen LogP contribution in [0, 0.1) is 16.7 Å². The van der Waals surface area contributed by atoms with Crippen molar-refractivity contribution in [3.8, 4) is 0 Å². The first-order valence-corrected chi connectivity index (χ1v) is 6.74. The van der Waals surface area contributed by atoms with Crippen molar-refractivity contribution in [2.24, 2.45) is 16.7 Å². The SMILES string of the molecule is C=COCC12CC=C3C(C1)CC3(COCC)C2. The summed E-state index contributed by atoms with van der Waals surface area (Å²) in [6, 6.07) is 0. The topological polar surface area (TPSA) is 18.5 Å². The Kier molecular flexibility index (Phi) is 2.58. The molecule has 5 aliphatic rings. The Hall–Kier alpha value is -0.760. The standard InChI is InChI=1S/C15H22O2/c1-3-16-10-14-6-5-13-12(7-14)8-15(13,9-14)11-17-4-2/h3,5,12H,1,4,6-11H2,2H3. The third-order valence-corrected chi connectivity index (χ3v) is 4.93. The van der Waals surface area contributed by atoms with E-state index in [1.54, 1.807) is 11.8 Å². The van der Waals surface area contributed by atoms with Crippen LogP contribution in [0.3, 0.4) is 0 Å². The summed E-state index contributed by atoms with van der Waals surface area (Å²) in [5, 5.41) is 0. The quantitative estimate of drug-likeness (QED) is 0.518. The summed E-state index contributed by atoms with van der Waals surface area (Å²) in [7, 11) is 0. The Morgan fingerprint density at radius 1 is 1.47 bits per heavy atom. The highest BCUT2D eigenvalue weighted by Crippen LogP contribution is 2.69. The van der Waals surface area contributed by atoms with Gasteiger partial charge >= 0.3 is 0 Å². The van der Waals surface area contributed by atoms with Gasteiger partial charge in [0.2, 0.25) is 0 Å². The molecule has 3 atom stereocenters. The second-order valence-corrected chi connectivity index (χ2v) is 6.04. The van der Waals surface area contributed by atoms with Gasteiger partial charge in [-0.15, -0.1) is 0 Å². The third-order valence-electron chi connectivity index (χ3n) is 4.93. The lowest BCUT2D eigenvalue weighted by Gasteiger charge is -2.64. The van der Waals surface area contributed by atoms with Crippen molar-refractivity contribution in [3.63, 3.8) is 0 Å². The first-order valence-electron chi connectivity index (χ1n) is 6.74. The maximum atomic E-state index is 5.71. The maximum absolute atomic E-state index is 5.71. The van der Waals surface area contributed by atoms with Gasteiger partial charge in [-0.3, -0.25) is 0 Å². The van der Waals surface area contributed by atoms with E-state index in [-0.39, 0.29) is 0 Å². The van der Waals surface area contributed by atoms with E-state index in [1.807, 2.05) is 0 Å². The van der Waals surface area contributed by atoms with E-state index >= 15 is 0 Å². The summed E-state index contributed by atoms with van der Waals surface area (Å²) in [5.41, 5.74) is 2.45. The first-order chi connectivity index (χ1) is 8.24. The molecule has 0 saturated heterocycles. The van der Waals surface area contributed by atoms with Crippen molar-refractivity contribution >= 4 is 0 Å². The van der Waals surface area contributed by atoms with E-state index in [0.29, 0.717) is 10.8 Å². The zero-order valence-corrected chi connectivity index (χ0v) is 10.7. The van der Waals surface area contributed by atoms with Crippen LogP contribution in [0.5, 0.6) is 0 Å². The minimum absolute atomic E-state index is 0.371. The molecule has 0 aromatic heterocycles. The number of rotatable bonds is 6. The van der Waals surface area contributed by atoms with Gasteiger partial charge in [0.15, 0.2) is 0 Å². The molecule has 3 fully saturated rings. The molecule has 0 radical (unpaired) electrons. The third kappa shape index (κ3) is 1.57. The zero-order valence-electron chi connectivity index (χ0n) is 10.7. The molecular formula is C15H22O2. The lowest BCUT2D eigenvalue weighted by atomic mass is 9.41. The van der Waals surface area contributed by atoms with Crippen molar-refractivity contribution in [3.05, 3.63) is 24.5 Å². The normalized spacial score (nSPS) is 41.7. The Bertz CT molecular complexity index is 360. The van der Waals surface area contributed by atoms with Crippen molar-refractivity contribution in [2.75, 3.05) is 19.8 Å². The molecule has 3 saturated carbocycles. The molecule has 5 rings (SSSR count). The molecule has 4 bridgehead atoms. The second-order valence-electron chi connectivity index (χ2n) is 6.04. The molecule has 0 aromatic rings. The molecule has 2 heteroatoms. The van der Waals surface area contributed by atoms with Gasteiger partial charge in [0, 0.05) is 17.4 Å².